The van der Waals surface area contributed by atoms with E-state index in [0.717, 1.165) is 23.1 Å². The van der Waals surface area contributed by atoms with E-state index < -0.39 is 40.8 Å². The van der Waals surface area contributed by atoms with E-state index >= 15 is 4.39 Å². The smallest absolute Gasteiger partial charge is 0.417 e. The minimum absolute atomic E-state index is 0.0349. The summed E-state index contributed by atoms with van der Waals surface area (Å²) in [6, 6.07) is 13.6. The van der Waals surface area contributed by atoms with Crippen molar-refractivity contribution in [3.05, 3.63) is 83.4 Å². The zero-order chi connectivity index (χ0) is 35.2. The fourth-order valence-corrected chi connectivity index (χ4v) is 6.58. The molecule has 2 fully saturated rings. The highest BCUT2D eigenvalue weighted by atomic mass is 32.1. The third kappa shape index (κ3) is 6.25. The Morgan fingerprint density at radius 3 is 2.51 bits per heavy atom. The van der Waals surface area contributed by atoms with Gasteiger partial charge in [-0.25, -0.2) is 4.39 Å². The molecule has 4 aromatic rings. The zero-order valence-electron chi connectivity index (χ0n) is 26.0. The van der Waals surface area contributed by atoms with Gasteiger partial charge < -0.3 is 23.9 Å². The quantitative estimate of drug-likeness (QED) is 0.0959. The number of alkyl halides is 3. The van der Waals surface area contributed by atoms with Gasteiger partial charge in [0.1, 0.15) is 24.5 Å². The van der Waals surface area contributed by atoms with E-state index in [9.17, 15) is 27.9 Å². The topological polar surface area (TPSA) is 128 Å². The van der Waals surface area contributed by atoms with Gasteiger partial charge in [-0.15, -0.1) is 0 Å². The normalized spacial score (nSPS) is 19.3. The number of ether oxygens (including phenoxy) is 2. The fraction of sp³-hybridized carbons (Fsp3) is 0.294. The number of anilines is 2. The number of aliphatic hydroxyl groups is 1. The van der Waals surface area contributed by atoms with E-state index in [0.29, 0.717) is 28.7 Å². The van der Waals surface area contributed by atoms with Crippen LogP contribution in [0.2, 0.25) is 0 Å². The molecule has 2 amide bonds. The number of carbonyl (C=O) groups is 2. The number of imide groups is 1. The van der Waals surface area contributed by atoms with Crippen molar-refractivity contribution in [3.8, 4) is 17.6 Å². The summed E-state index contributed by atoms with van der Waals surface area (Å²) in [5.41, 5.74) is -1.63. The molecule has 0 spiro atoms. The lowest BCUT2D eigenvalue weighted by atomic mass is 9.90. The molecule has 0 bridgehead atoms. The van der Waals surface area contributed by atoms with Gasteiger partial charge in [0.05, 0.1) is 34.9 Å². The third-order valence-corrected chi connectivity index (χ3v) is 8.91. The van der Waals surface area contributed by atoms with Crippen LogP contribution < -0.4 is 24.6 Å². The third-order valence-electron chi connectivity index (χ3n) is 8.53. The Balaban J connectivity index is 1.13. The number of furan rings is 1. The van der Waals surface area contributed by atoms with Gasteiger partial charge in [0, 0.05) is 34.8 Å². The van der Waals surface area contributed by atoms with Crippen molar-refractivity contribution in [2.45, 2.75) is 50.6 Å². The molecule has 15 heteroatoms. The molecule has 0 aliphatic carbocycles. The number of carbonyl (C=O) groups excluding carboxylic acids is 2. The first-order chi connectivity index (χ1) is 23.2. The van der Waals surface area contributed by atoms with Crippen LogP contribution in [0.4, 0.5) is 28.9 Å². The van der Waals surface area contributed by atoms with Gasteiger partial charge in [-0.2, -0.15) is 18.4 Å². The second kappa shape index (κ2) is 12.7. The highest BCUT2D eigenvalue weighted by molar-refractivity contribution is 7.80. The van der Waals surface area contributed by atoms with Crippen molar-refractivity contribution in [2.24, 2.45) is 0 Å². The molecular formula is C34H28F4N4O6S. The molecule has 6 rings (SSSR count). The highest BCUT2D eigenvalue weighted by Crippen LogP contribution is 2.42. The monoisotopic (exact) mass is 696 g/mol. The lowest BCUT2D eigenvalue weighted by Crippen LogP contribution is -2.47. The van der Waals surface area contributed by atoms with Gasteiger partial charge in [-0.1, -0.05) is 0 Å². The Bertz CT molecular complexity index is 2020. The summed E-state index contributed by atoms with van der Waals surface area (Å²) in [6.07, 6.45) is -4.16. The Morgan fingerprint density at radius 2 is 1.82 bits per heavy atom. The molecule has 2 unspecified atom stereocenters. The van der Waals surface area contributed by atoms with Gasteiger partial charge in [-0.3, -0.25) is 19.8 Å². The number of thiocarbonyl (C=S) groups is 1. The number of aliphatic hydroxyl groups excluding tert-OH is 1. The molecule has 2 atom stereocenters. The molecule has 10 nitrogen and oxygen atoms in total. The Morgan fingerprint density at radius 1 is 1.08 bits per heavy atom. The van der Waals surface area contributed by atoms with Crippen LogP contribution in [0.25, 0.3) is 11.0 Å². The summed E-state index contributed by atoms with van der Waals surface area (Å²) in [6.45, 7) is 3.20. The Kier molecular flexibility index (Phi) is 8.72. The number of nitrogens with zero attached hydrogens (tertiary/aromatic N) is 3. The van der Waals surface area contributed by atoms with Gasteiger partial charge in [-0.05, 0) is 81.0 Å². The van der Waals surface area contributed by atoms with Crippen LogP contribution in [0.1, 0.15) is 49.3 Å². The van der Waals surface area contributed by atoms with Gasteiger partial charge >= 0.3 is 6.18 Å². The fourth-order valence-electron chi connectivity index (χ4n) is 6.03. The number of piperidine rings is 1. The molecule has 2 aliphatic rings. The van der Waals surface area contributed by atoms with E-state index in [-0.39, 0.29) is 53.7 Å². The first-order valence-electron chi connectivity index (χ1n) is 15.0. The molecule has 2 aliphatic heterocycles. The lowest BCUT2D eigenvalue weighted by Gasteiger charge is -2.33. The van der Waals surface area contributed by atoms with Crippen LogP contribution >= 0.6 is 12.2 Å². The second-order valence-corrected chi connectivity index (χ2v) is 12.4. The summed E-state index contributed by atoms with van der Waals surface area (Å²) < 4.78 is 73.2. The van der Waals surface area contributed by atoms with Crippen molar-refractivity contribution in [2.75, 3.05) is 23.0 Å². The van der Waals surface area contributed by atoms with Crippen molar-refractivity contribution in [3.63, 3.8) is 0 Å². The standard InChI is InChI=1S/C34H28F4N4O6S/c1-33(2)31(45)41(19-4-3-18(16-39)25(13-19)34(36,37)38)32(49)42(33)20-5-8-28(26(35)14-20)47-12-11-46-21-6-9-27-23(15-21)24(17-48-27)22-7-10-29(43)40-30(22)44/h3-6,8-9,13-15,17,22,31,45H,7,10-12H2,1-2H3,(H,40,43,44). The SMILES string of the molecule is CC1(C)C(O)N(c2ccc(C#N)c(C(F)(F)F)c2)C(=S)N1c1ccc(OCCOc2ccc3occ(C4CCC(=O)NC4=O)c3c2)c(F)c1. The number of nitrogens with one attached hydrogen (secondary N) is 1. The van der Waals surface area contributed by atoms with Crippen LogP contribution in [-0.2, 0) is 15.8 Å². The van der Waals surface area contributed by atoms with E-state index in [1.54, 1.807) is 32.0 Å². The molecule has 3 heterocycles. The molecule has 49 heavy (non-hydrogen) atoms. The van der Waals surface area contributed by atoms with Crippen LogP contribution in [0.15, 0.2) is 65.3 Å². The largest absolute Gasteiger partial charge is 0.490 e. The molecule has 254 valence electrons. The summed E-state index contributed by atoms with van der Waals surface area (Å²) in [7, 11) is 0. The van der Waals surface area contributed by atoms with E-state index in [4.69, 9.17) is 31.4 Å². The Labute approximate surface area is 282 Å². The molecule has 0 radical (unpaired) electrons. The van der Waals surface area contributed by atoms with Crippen LogP contribution in [-0.4, -0.2) is 47.0 Å². The lowest BCUT2D eigenvalue weighted by molar-refractivity contribution is -0.138. The maximum atomic E-state index is 15.3. The number of halogens is 4. The number of nitriles is 1. The maximum Gasteiger partial charge on any atom is 0.417 e. The van der Waals surface area contributed by atoms with Gasteiger partial charge in [0.2, 0.25) is 11.8 Å². The van der Waals surface area contributed by atoms with E-state index in [2.05, 4.69) is 5.32 Å². The first-order valence-corrected chi connectivity index (χ1v) is 15.4. The highest BCUT2D eigenvalue weighted by Gasteiger charge is 2.50. The number of benzene rings is 3. The summed E-state index contributed by atoms with van der Waals surface area (Å²) in [4.78, 5) is 26.5. The maximum absolute atomic E-state index is 15.3. The zero-order valence-corrected chi connectivity index (χ0v) is 26.8. The average Bonchev–Trinajstić information content (AvgIpc) is 3.53. The minimum atomic E-state index is -4.82. The van der Waals surface area contributed by atoms with Crippen molar-refractivity contribution >= 4 is 51.5 Å². The van der Waals surface area contributed by atoms with Crippen LogP contribution in [0, 0.1) is 17.1 Å². The Hall–Kier alpha value is -5.20. The summed E-state index contributed by atoms with van der Waals surface area (Å²) in [5.74, 6) is -1.63. The summed E-state index contributed by atoms with van der Waals surface area (Å²) >= 11 is 5.57. The number of hydrogen-bond acceptors (Lipinski definition) is 8. The van der Waals surface area contributed by atoms with Crippen LogP contribution in [0.3, 0.4) is 0 Å². The van der Waals surface area contributed by atoms with E-state index in [1.165, 1.54) is 35.4 Å². The summed E-state index contributed by atoms with van der Waals surface area (Å²) in [5, 5.41) is 23.3. The van der Waals surface area contributed by atoms with Gasteiger partial charge in [0.25, 0.3) is 0 Å². The first kappa shape index (κ1) is 33.7. The molecule has 0 saturated carbocycles. The predicted molar refractivity (Wildman–Crippen MR) is 173 cm³/mol. The average molecular weight is 697 g/mol. The number of fused-ring (bicyclic) bond motifs is 1. The van der Waals surface area contributed by atoms with Crippen molar-refractivity contribution in [1.82, 2.24) is 5.32 Å². The molecule has 1 aromatic heterocycles. The van der Waals surface area contributed by atoms with E-state index in [1.807, 2.05) is 0 Å². The van der Waals surface area contributed by atoms with Crippen LogP contribution in [0.5, 0.6) is 11.5 Å². The molecule has 2 saturated heterocycles. The molecule has 3 aromatic carbocycles. The number of hydrogen-bond donors (Lipinski definition) is 2. The minimum Gasteiger partial charge on any atom is -0.490 e. The van der Waals surface area contributed by atoms with Crippen molar-refractivity contribution in [1.29, 1.82) is 5.26 Å². The number of rotatable bonds is 8. The second-order valence-electron chi connectivity index (χ2n) is 12.0. The molecule has 2 N–H and O–H groups in total. The predicted octanol–water partition coefficient (Wildman–Crippen LogP) is 6.15. The number of amides is 2. The van der Waals surface area contributed by atoms with Gasteiger partial charge in [0.15, 0.2) is 22.9 Å². The molecular weight excluding hydrogens is 668 g/mol. The van der Waals surface area contributed by atoms with Crippen molar-refractivity contribution < 1.29 is 46.1 Å².